The first-order chi connectivity index (χ1) is 10.5. The Labute approximate surface area is 132 Å². The van der Waals surface area contributed by atoms with Crippen LogP contribution < -0.4 is 0 Å². The fraction of sp³-hybridized carbons (Fsp3) is 0.842. The molecule has 0 saturated heterocycles. The Morgan fingerprint density at radius 2 is 1.95 bits per heavy atom. The van der Waals surface area contributed by atoms with E-state index in [9.17, 15) is 15.0 Å². The van der Waals surface area contributed by atoms with Crippen molar-refractivity contribution >= 4 is 5.78 Å². The van der Waals surface area contributed by atoms with Gasteiger partial charge in [-0.15, -0.1) is 0 Å². The molecule has 4 rings (SSSR count). The molecular weight excluding hydrogens is 276 g/mol. The second-order valence-corrected chi connectivity index (χ2v) is 8.37. The molecule has 0 amide bonds. The van der Waals surface area contributed by atoms with Crippen LogP contribution in [0.15, 0.2) is 11.6 Å². The maximum Gasteiger partial charge on any atom is 0.164 e. The average molecular weight is 304 g/mol. The summed E-state index contributed by atoms with van der Waals surface area (Å²) in [5.41, 5.74) is 1.12. The SMILES string of the molecule is C[C@]12CCCC=C1CC[C@@H]1[C@@H]2CC[C@]2(C(O)O)C(=O)CC[C@@H]12. The minimum Gasteiger partial charge on any atom is -0.367 e. The maximum absolute atomic E-state index is 12.5. The first-order valence-corrected chi connectivity index (χ1v) is 9.09. The number of ketones is 1. The summed E-state index contributed by atoms with van der Waals surface area (Å²) in [6, 6.07) is 0. The van der Waals surface area contributed by atoms with Gasteiger partial charge in [-0.1, -0.05) is 18.6 Å². The van der Waals surface area contributed by atoms with Gasteiger partial charge in [-0.05, 0) is 74.5 Å². The molecule has 0 radical (unpaired) electrons. The Balaban J connectivity index is 1.71. The predicted octanol–water partition coefficient (Wildman–Crippen LogP) is 3.20. The van der Waals surface area contributed by atoms with E-state index in [2.05, 4.69) is 13.0 Å². The lowest BCUT2D eigenvalue weighted by atomic mass is 9.47. The Hall–Kier alpha value is -0.670. The van der Waals surface area contributed by atoms with Crippen molar-refractivity contribution in [1.29, 1.82) is 0 Å². The second kappa shape index (κ2) is 4.91. The van der Waals surface area contributed by atoms with E-state index in [0.717, 1.165) is 25.7 Å². The Kier molecular flexibility index (Phi) is 3.32. The van der Waals surface area contributed by atoms with Gasteiger partial charge in [0.1, 0.15) is 5.78 Å². The average Bonchev–Trinajstić information content (AvgIpc) is 2.85. The third-order valence-electron chi connectivity index (χ3n) is 7.82. The molecule has 0 aromatic carbocycles. The lowest BCUT2D eigenvalue weighted by Gasteiger charge is -2.57. The molecule has 3 fully saturated rings. The fourth-order valence-corrected chi connectivity index (χ4v) is 6.72. The molecule has 4 aliphatic carbocycles. The van der Waals surface area contributed by atoms with Gasteiger partial charge in [0.25, 0.3) is 0 Å². The van der Waals surface area contributed by atoms with Crippen LogP contribution in [0.4, 0.5) is 0 Å². The molecule has 0 unspecified atom stereocenters. The summed E-state index contributed by atoms with van der Waals surface area (Å²) >= 11 is 0. The highest BCUT2D eigenvalue weighted by Crippen LogP contribution is 2.65. The third kappa shape index (κ3) is 1.73. The molecule has 2 N–H and O–H groups in total. The summed E-state index contributed by atoms with van der Waals surface area (Å²) in [7, 11) is 0. The zero-order chi connectivity index (χ0) is 15.5. The summed E-state index contributed by atoms with van der Waals surface area (Å²) < 4.78 is 0. The highest BCUT2D eigenvalue weighted by Gasteiger charge is 2.63. The molecule has 0 aromatic rings. The van der Waals surface area contributed by atoms with Crippen molar-refractivity contribution in [2.24, 2.45) is 28.6 Å². The molecule has 3 nitrogen and oxygen atoms in total. The van der Waals surface area contributed by atoms with Crippen molar-refractivity contribution in [2.75, 3.05) is 0 Å². The zero-order valence-corrected chi connectivity index (χ0v) is 13.6. The van der Waals surface area contributed by atoms with Gasteiger partial charge in [0, 0.05) is 6.42 Å². The number of hydrogen-bond acceptors (Lipinski definition) is 3. The number of carbonyl (C=O) groups is 1. The molecule has 22 heavy (non-hydrogen) atoms. The molecule has 4 aliphatic rings. The molecule has 0 aliphatic heterocycles. The molecule has 0 spiro atoms. The van der Waals surface area contributed by atoms with Crippen molar-refractivity contribution < 1.29 is 15.0 Å². The van der Waals surface area contributed by atoms with Crippen molar-refractivity contribution in [3.05, 3.63) is 11.6 Å². The number of Topliss-reactive ketones (excluding diaryl/α,β-unsaturated/α-hetero) is 1. The van der Waals surface area contributed by atoms with Gasteiger partial charge in [0.15, 0.2) is 6.29 Å². The van der Waals surface area contributed by atoms with Crippen LogP contribution in [0.5, 0.6) is 0 Å². The van der Waals surface area contributed by atoms with E-state index < -0.39 is 11.7 Å². The molecule has 5 atom stereocenters. The van der Waals surface area contributed by atoms with Crippen LogP contribution in [0.2, 0.25) is 0 Å². The summed E-state index contributed by atoms with van der Waals surface area (Å²) in [6.45, 7) is 2.44. The Morgan fingerprint density at radius 1 is 1.14 bits per heavy atom. The zero-order valence-electron chi connectivity index (χ0n) is 13.6. The highest BCUT2D eigenvalue weighted by molar-refractivity contribution is 5.88. The highest BCUT2D eigenvalue weighted by atomic mass is 16.5. The first-order valence-electron chi connectivity index (χ1n) is 9.09. The van der Waals surface area contributed by atoms with Gasteiger partial charge in [-0.3, -0.25) is 4.79 Å². The first kappa shape index (κ1) is 14.9. The van der Waals surface area contributed by atoms with Crippen molar-refractivity contribution in [3.8, 4) is 0 Å². The van der Waals surface area contributed by atoms with Crippen LogP contribution >= 0.6 is 0 Å². The summed E-state index contributed by atoms with van der Waals surface area (Å²) in [6.07, 6.45) is 10.2. The Morgan fingerprint density at radius 3 is 2.73 bits per heavy atom. The third-order valence-corrected chi connectivity index (χ3v) is 7.82. The number of carbonyl (C=O) groups excluding carboxylic acids is 1. The van der Waals surface area contributed by atoms with Gasteiger partial charge in [0.2, 0.25) is 0 Å². The largest absolute Gasteiger partial charge is 0.367 e. The predicted molar refractivity (Wildman–Crippen MR) is 83.9 cm³/mol. The van der Waals surface area contributed by atoms with E-state index in [4.69, 9.17) is 0 Å². The van der Waals surface area contributed by atoms with E-state index in [1.165, 1.54) is 19.3 Å². The normalized spacial score (nSPS) is 47.7. The standard InChI is InChI=1S/C19H28O3/c1-18-10-3-2-4-12(18)5-6-13-14(18)9-11-19(17(21)22)15(13)7-8-16(19)20/h4,13-15,17,21-22H,2-3,5-11H2,1H3/t13-,14+,15+,18+,19-/m1/s1. The number of aliphatic hydroxyl groups is 2. The lowest BCUT2D eigenvalue weighted by Crippen LogP contribution is -2.55. The van der Waals surface area contributed by atoms with Gasteiger partial charge in [-0.25, -0.2) is 0 Å². The minimum absolute atomic E-state index is 0.112. The van der Waals surface area contributed by atoms with Crippen LogP contribution in [0.3, 0.4) is 0 Å². The van der Waals surface area contributed by atoms with Crippen LogP contribution in [0, 0.1) is 28.6 Å². The van der Waals surface area contributed by atoms with E-state index in [0.29, 0.717) is 30.1 Å². The van der Waals surface area contributed by atoms with Crippen molar-refractivity contribution in [2.45, 2.75) is 71.0 Å². The second-order valence-electron chi connectivity index (χ2n) is 8.37. The molecule has 0 aromatic heterocycles. The molecular formula is C19H28O3. The summed E-state index contributed by atoms with van der Waals surface area (Å²) in [5.74, 6) is 1.44. The van der Waals surface area contributed by atoms with Crippen LogP contribution in [-0.2, 0) is 4.79 Å². The number of aliphatic hydroxyl groups excluding tert-OH is 1. The Bertz CT molecular complexity index is 523. The summed E-state index contributed by atoms with van der Waals surface area (Å²) in [4.78, 5) is 12.5. The fourth-order valence-electron chi connectivity index (χ4n) is 6.72. The topological polar surface area (TPSA) is 57.5 Å². The van der Waals surface area contributed by atoms with E-state index >= 15 is 0 Å². The van der Waals surface area contributed by atoms with Gasteiger partial charge in [0.05, 0.1) is 5.41 Å². The van der Waals surface area contributed by atoms with E-state index in [1.54, 1.807) is 5.57 Å². The quantitative estimate of drug-likeness (QED) is 0.578. The molecule has 0 heterocycles. The van der Waals surface area contributed by atoms with Crippen LogP contribution in [0.1, 0.15) is 64.7 Å². The van der Waals surface area contributed by atoms with E-state index in [-0.39, 0.29) is 11.7 Å². The maximum atomic E-state index is 12.5. The van der Waals surface area contributed by atoms with Gasteiger partial charge in [-0.2, -0.15) is 0 Å². The summed E-state index contributed by atoms with van der Waals surface area (Å²) in [5, 5.41) is 20.0. The van der Waals surface area contributed by atoms with Crippen molar-refractivity contribution in [3.63, 3.8) is 0 Å². The minimum atomic E-state index is -1.47. The monoisotopic (exact) mass is 304 g/mol. The van der Waals surface area contributed by atoms with Gasteiger partial charge < -0.3 is 10.2 Å². The molecule has 122 valence electrons. The smallest absolute Gasteiger partial charge is 0.164 e. The van der Waals surface area contributed by atoms with Crippen LogP contribution in [0.25, 0.3) is 0 Å². The molecule has 3 saturated carbocycles. The van der Waals surface area contributed by atoms with E-state index in [1.807, 2.05) is 0 Å². The van der Waals surface area contributed by atoms with Gasteiger partial charge >= 0.3 is 0 Å². The van der Waals surface area contributed by atoms with Crippen molar-refractivity contribution in [1.82, 2.24) is 0 Å². The molecule has 3 heteroatoms. The number of hydrogen-bond donors (Lipinski definition) is 2. The molecule has 0 bridgehead atoms. The van der Waals surface area contributed by atoms with Crippen LogP contribution in [-0.4, -0.2) is 22.3 Å². The number of allylic oxidation sites excluding steroid dienone is 2. The number of fused-ring (bicyclic) bond motifs is 5. The number of rotatable bonds is 1. The lowest BCUT2D eigenvalue weighted by molar-refractivity contribution is -0.191.